The summed E-state index contributed by atoms with van der Waals surface area (Å²) in [7, 11) is 0. The molecule has 6 nitrogen and oxygen atoms in total. The van der Waals surface area contributed by atoms with Crippen molar-refractivity contribution in [3.05, 3.63) is 112 Å². The molecule has 1 amide bonds. The third kappa shape index (κ3) is 7.65. The maximum Gasteiger partial charge on any atom is 0.222 e. The van der Waals surface area contributed by atoms with E-state index in [1.807, 2.05) is 82.4 Å². The molecule has 0 aliphatic carbocycles. The number of benzene rings is 2. The van der Waals surface area contributed by atoms with Crippen LogP contribution in [0.5, 0.6) is 11.5 Å². The standard InChI is InChI=1S/C17H20N2O2.C15H17NO/c1-11-12(2)17(19-14(4)20)18-13(3)16(11)21-10-15-8-6-5-7-9-15;1-11-9-16-13(3)15(12(11)2)17-10-14-7-5-4-6-8-14/h5-9H,10H2,1-4H3,(H,18,19,20);4-9H,10H2,1-3H3. The van der Waals surface area contributed by atoms with Crippen LogP contribution in [0.2, 0.25) is 0 Å². The smallest absolute Gasteiger partial charge is 0.222 e. The molecule has 4 aromatic rings. The molecule has 38 heavy (non-hydrogen) atoms. The third-order valence-corrected chi connectivity index (χ3v) is 6.33. The summed E-state index contributed by atoms with van der Waals surface area (Å²) in [5.41, 5.74) is 8.28. The minimum atomic E-state index is -0.123. The molecule has 1 N–H and O–H groups in total. The lowest BCUT2D eigenvalue weighted by atomic mass is 10.1. The minimum absolute atomic E-state index is 0.123. The number of aromatic nitrogens is 2. The molecule has 0 spiro atoms. The van der Waals surface area contributed by atoms with E-state index in [1.165, 1.54) is 23.6 Å². The van der Waals surface area contributed by atoms with Gasteiger partial charge >= 0.3 is 0 Å². The fourth-order valence-electron chi connectivity index (χ4n) is 3.89. The lowest BCUT2D eigenvalue weighted by Crippen LogP contribution is -2.11. The Hall–Kier alpha value is -4.19. The summed E-state index contributed by atoms with van der Waals surface area (Å²) < 4.78 is 11.8. The molecular formula is C32H37N3O3. The fraction of sp³-hybridized carbons (Fsp3) is 0.281. The van der Waals surface area contributed by atoms with Crippen molar-refractivity contribution in [3.63, 3.8) is 0 Å². The van der Waals surface area contributed by atoms with Crippen molar-refractivity contribution >= 4 is 11.7 Å². The number of carbonyl (C=O) groups excluding carboxylic acids is 1. The van der Waals surface area contributed by atoms with Crippen LogP contribution < -0.4 is 14.8 Å². The first kappa shape index (κ1) is 28.4. The molecule has 2 heterocycles. The Morgan fingerprint density at radius 2 is 1.21 bits per heavy atom. The summed E-state index contributed by atoms with van der Waals surface area (Å²) in [6.07, 6.45) is 1.89. The van der Waals surface area contributed by atoms with Gasteiger partial charge in [0.2, 0.25) is 5.91 Å². The second-order valence-corrected chi connectivity index (χ2v) is 9.34. The summed E-state index contributed by atoms with van der Waals surface area (Å²) >= 11 is 0. The molecule has 0 saturated carbocycles. The van der Waals surface area contributed by atoms with Gasteiger partial charge in [0.1, 0.15) is 30.5 Å². The molecule has 0 fully saturated rings. The SMILES string of the molecule is CC(=O)Nc1nc(C)c(OCc2ccccc2)c(C)c1C.Cc1cnc(C)c(OCc2ccccc2)c1C. The van der Waals surface area contributed by atoms with Crippen LogP contribution in [0.25, 0.3) is 0 Å². The average molecular weight is 512 g/mol. The molecule has 0 atom stereocenters. The van der Waals surface area contributed by atoms with E-state index in [1.54, 1.807) is 0 Å². The van der Waals surface area contributed by atoms with Crippen molar-refractivity contribution in [1.29, 1.82) is 0 Å². The molecule has 0 saturated heterocycles. The van der Waals surface area contributed by atoms with E-state index >= 15 is 0 Å². The van der Waals surface area contributed by atoms with Gasteiger partial charge < -0.3 is 14.8 Å². The Kier molecular flexibility index (Phi) is 9.99. The molecular weight excluding hydrogens is 474 g/mol. The van der Waals surface area contributed by atoms with E-state index in [2.05, 4.69) is 41.3 Å². The van der Waals surface area contributed by atoms with Crippen LogP contribution in [-0.2, 0) is 18.0 Å². The summed E-state index contributed by atoms with van der Waals surface area (Å²) in [5.74, 6) is 2.17. The number of nitrogens with one attached hydrogen (secondary N) is 1. The Balaban J connectivity index is 0.000000215. The molecule has 0 aliphatic rings. The lowest BCUT2D eigenvalue weighted by molar-refractivity contribution is -0.114. The largest absolute Gasteiger partial charge is 0.487 e. The van der Waals surface area contributed by atoms with Gasteiger partial charge in [-0.25, -0.2) is 4.98 Å². The van der Waals surface area contributed by atoms with E-state index in [4.69, 9.17) is 9.47 Å². The number of nitrogens with zero attached hydrogens (tertiary/aromatic N) is 2. The van der Waals surface area contributed by atoms with Crippen molar-refractivity contribution in [2.45, 2.75) is 61.7 Å². The highest BCUT2D eigenvalue weighted by atomic mass is 16.5. The van der Waals surface area contributed by atoms with Crippen molar-refractivity contribution in [2.75, 3.05) is 5.32 Å². The molecule has 2 aromatic heterocycles. The van der Waals surface area contributed by atoms with E-state index in [-0.39, 0.29) is 5.91 Å². The first-order chi connectivity index (χ1) is 18.2. The molecule has 0 aliphatic heterocycles. The Labute approximate surface area is 226 Å². The van der Waals surface area contributed by atoms with Crippen molar-refractivity contribution in [1.82, 2.24) is 9.97 Å². The first-order valence-corrected chi connectivity index (χ1v) is 12.7. The average Bonchev–Trinajstić information content (AvgIpc) is 2.90. The number of anilines is 1. The first-order valence-electron chi connectivity index (χ1n) is 12.7. The summed E-state index contributed by atoms with van der Waals surface area (Å²) in [6.45, 7) is 14.5. The van der Waals surface area contributed by atoms with Crippen LogP contribution in [0.1, 0.15) is 51.7 Å². The second-order valence-electron chi connectivity index (χ2n) is 9.34. The highest BCUT2D eigenvalue weighted by Gasteiger charge is 2.14. The van der Waals surface area contributed by atoms with Gasteiger partial charge in [-0.2, -0.15) is 0 Å². The molecule has 0 radical (unpaired) electrons. The highest BCUT2D eigenvalue weighted by molar-refractivity contribution is 5.88. The van der Waals surface area contributed by atoms with Gasteiger partial charge in [0, 0.05) is 13.1 Å². The van der Waals surface area contributed by atoms with Gasteiger partial charge in [0.15, 0.2) is 0 Å². The molecule has 198 valence electrons. The highest BCUT2D eigenvalue weighted by Crippen LogP contribution is 2.29. The summed E-state index contributed by atoms with van der Waals surface area (Å²) in [5, 5.41) is 2.75. The van der Waals surface area contributed by atoms with E-state index in [0.717, 1.165) is 39.6 Å². The van der Waals surface area contributed by atoms with Gasteiger partial charge in [-0.1, -0.05) is 60.7 Å². The normalized spacial score (nSPS) is 10.3. The minimum Gasteiger partial charge on any atom is -0.487 e. The van der Waals surface area contributed by atoms with Crippen LogP contribution in [0.3, 0.4) is 0 Å². The van der Waals surface area contributed by atoms with Crippen molar-refractivity contribution in [3.8, 4) is 11.5 Å². The number of rotatable bonds is 7. The number of hydrogen-bond donors (Lipinski definition) is 1. The quantitative estimate of drug-likeness (QED) is 0.286. The molecule has 0 unspecified atom stereocenters. The number of hydrogen-bond acceptors (Lipinski definition) is 5. The van der Waals surface area contributed by atoms with Gasteiger partial charge in [-0.3, -0.25) is 9.78 Å². The van der Waals surface area contributed by atoms with Crippen LogP contribution >= 0.6 is 0 Å². The van der Waals surface area contributed by atoms with Crippen molar-refractivity contribution in [2.24, 2.45) is 0 Å². The zero-order valence-corrected chi connectivity index (χ0v) is 23.4. The second kappa shape index (κ2) is 13.4. The Morgan fingerprint density at radius 3 is 1.71 bits per heavy atom. The predicted octanol–water partition coefficient (Wildman–Crippen LogP) is 7.13. The molecule has 2 aromatic carbocycles. The van der Waals surface area contributed by atoms with Crippen LogP contribution in [0.15, 0.2) is 66.9 Å². The fourth-order valence-corrected chi connectivity index (χ4v) is 3.89. The van der Waals surface area contributed by atoms with E-state index in [9.17, 15) is 4.79 Å². The van der Waals surface area contributed by atoms with Crippen LogP contribution in [0.4, 0.5) is 5.82 Å². The predicted molar refractivity (Wildman–Crippen MR) is 153 cm³/mol. The number of amides is 1. The topological polar surface area (TPSA) is 73.3 Å². The maximum absolute atomic E-state index is 11.2. The number of pyridine rings is 2. The zero-order valence-electron chi connectivity index (χ0n) is 23.4. The van der Waals surface area contributed by atoms with Crippen LogP contribution in [-0.4, -0.2) is 15.9 Å². The van der Waals surface area contributed by atoms with Crippen LogP contribution in [0, 0.1) is 41.5 Å². The van der Waals surface area contributed by atoms with Crippen molar-refractivity contribution < 1.29 is 14.3 Å². The summed E-state index contributed by atoms with van der Waals surface area (Å²) in [4.78, 5) is 20.0. The summed E-state index contributed by atoms with van der Waals surface area (Å²) in [6, 6.07) is 20.2. The Bertz CT molecular complexity index is 1370. The maximum atomic E-state index is 11.2. The van der Waals surface area contributed by atoms with Gasteiger partial charge in [0.05, 0.1) is 11.4 Å². The van der Waals surface area contributed by atoms with E-state index in [0.29, 0.717) is 19.0 Å². The Morgan fingerprint density at radius 1 is 0.711 bits per heavy atom. The lowest BCUT2D eigenvalue weighted by Gasteiger charge is -2.16. The monoisotopic (exact) mass is 511 g/mol. The molecule has 6 heteroatoms. The zero-order chi connectivity index (χ0) is 27.7. The number of carbonyl (C=O) groups is 1. The van der Waals surface area contributed by atoms with Gasteiger partial charge in [0.25, 0.3) is 0 Å². The third-order valence-electron chi connectivity index (χ3n) is 6.33. The number of ether oxygens (including phenoxy) is 2. The number of aryl methyl sites for hydroxylation is 3. The van der Waals surface area contributed by atoms with Gasteiger partial charge in [-0.15, -0.1) is 0 Å². The molecule has 4 rings (SSSR count). The van der Waals surface area contributed by atoms with E-state index < -0.39 is 0 Å². The molecule has 0 bridgehead atoms. The van der Waals surface area contributed by atoms with Gasteiger partial charge in [-0.05, 0) is 74.9 Å².